The largest absolute Gasteiger partial charge is 0.309 e. The first-order valence-corrected chi connectivity index (χ1v) is 17.4. The Kier molecular flexibility index (Phi) is 6.63. The van der Waals surface area contributed by atoms with E-state index in [0.29, 0.717) is 0 Å². The highest BCUT2D eigenvalue weighted by Crippen LogP contribution is 2.39. The smallest absolute Gasteiger partial charge is 0.0715 e. The number of aromatic nitrogens is 3. The number of nitrogens with zero attached hydrogens (tertiary/aromatic N) is 3. The Morgan fingerprint density at radius 1 is 0.400 bits per heavy atom. The lowest BCUT2D eigenvalue weighted by Crippen LogP contribution is -2.01. The molecule has 236 valence electrons. The molecule has 1 aliphatic rings. The molecule has 0 fully saturated rings. The summed E-state index contributed by atoms with van der Waals surface area (Å²) in [4.78, 5) is 5.23. The number of benzene rings is 6. The predicted molar refractivity (Wildman–Crippen MR) is 210 cm³/mol. The van der Waals surface area contributed by atoms with Crippen LogP contribution < -0.4 is 0 Å². The molecule has 1 aliphatic carbocycles. The van der Waals surface area contributed by atoms with Gasteiger partial charge >= 0.3 is 0 Å². The van der Waals surface area contributed by atoms with Gasteiger partial charge in [-0.05, 0) is 84.1 Å². The van der Waals surface area contributed by atoms with E-state index in [4.69, 9.17) is 4.98 Å². The molecule has 0 spiro atoms. The van der Waals surface area contributed by atoms with Gasteiger partial charge in [0.05, 0.1) is 33.5 Å². The first-order valence-electron chi connectivity index (χ1n) is 17.4. The van der Waals surface area contributed by atoms with Crippen molar-refractivity contribution >= 4 is 49.2 Å². The van der Waals surface area contributed by atoms with Crippen molar-refractivity contribution in [3.63, 3.8) is 0 Å². The van der Waals surface area contributed by atoms with Crippen molar-refractivity contribution in [2.45, 2.75) is 12.8 Å². The van der Waals surface area contributed by atoms with E-state index < -0.39 is 0 Å². The van der Waals surface area contributed by atoms with E-state index in [1.807, 2.05) is 0 Å². The summed E-state index contributed by atoms with van der Waals surface area (Å²) in [6.45, 7) is 0. The van der Waals surface area contributed by atoms with Gasteiger partial charge in [0, 0.05) is 38.5 Å². The number of hydrogen-bond acceptors (Lipinski definition) is 1. The van der Waals surface area contributed by atoms with Crippen LogP contribution in [0.4, 0.5) is 0 Å². The van der Waals surface area contributed by atoms with Crippen LogP contribution in [-0.4, -0.2) is 14.1 Å². The number of pyridine rings is 1. The van der Waals surface area contributed by atoms with E-state index in [9.17, 15) is 0 Å². The van der Waals surface area contributed by atoms with Crippen molar-refractivity contribution in [1.29, 1.82) is 0 Å². The molecule has 0 bridgehead atoms. The fraction of sp³-hybridized carbons (Fsp3) is 0.0426. The Hall–Kier alpha value is -6.45. The van der Waals surface area contributed by atoms with Crippen molar-refractivity contribution in [2.75, 3.05) is 0 Å². The van der Waals surface area contributed by atoms with Crippen molar-refractivity contribution in [3.8, 4) is 33.8 Å². The molecular formula is C47H33N3. The fourth-order valence-corrected chi connectivity index (χ4v) is 7.83. The molecule has 0 saturated carbocycles. The first-order chi connectivity index (χ1) is 24.8. The molecule has 50 heavy (non-hydrogen) atoms. The lowest BCUT2D eigenvalue weighted by Gasteiger charge is -2.17. The normalized spacial score (nSPS) is 13.1. The van der Waals surface area contributed by atoms with Crippen molar-refractivity contribution < 1.29 is 0 Å². The minimum absolute atomic E-state index is 0.971. The Morgan fingerprint density at radius 3 is 1.36 bits per heavy atom. The third kappa shape index (κ3) is 4.62. The maximum atomic E-state index is 5.23. The van der Waals surface area contributed by atoms with Crippen LogP contribution in [0.3, 0.4) is 0 Å². The van der Waals surface area contributed by atoms with Gasteiger partial charge in [-0.1, -0.05) is 121 Å². The SMILES string of the molecule is C1=CC(c2cc(-c3cc(-n4c5ccccc5c5ccccc54)cc(-n4c5ccccc5c5ccccc54)c3)cc(-c3ccccc3)n2)=CCC1. The van der Waals surface area contributed by atoms with Gasteiger partial charge in [-0.3, -0.25) is 0 Å². The van der Waals surface area contributed by atoms with Gasteiger partial charge in [-0.25, -0.2) is 4.98 Å². The molecule has 0 aliphatic heterocycles. The van der Waals surface area contributed by atoms with Crippen LogP contribution >= 0.6 is 0 Å². The molecular weight excluding hydrogens is 607 g/mol. The summed E-state index contributed by atoms with van der Waals surface area (Å²) >= 11 is 0. The van der Waals surface area contributed by atoms with Gasteiger partial charge in [0.1, 0.15) is 0 Å². The molecule has 3 aromatic heterocycles. The maximum Gasteiger partial charge on any atom is 0.0715 e. The highest BCUT2D eigenvalue weighted by Gasteiger charge is 2.18. The van der Waals surface area contributed by atoms with Crippen molar-refractivity contribution in [2.24, 2.45) is 0 Å². The fourth-order valence-electron chi connectivity index (χ4n) is 7.83. The maximum absolute atomic E-state index is 5.23. The highest BCUT2D eigenvalue weighted by atomic mass is 15.0. The van der Waals surface area contributed by atoms with E-state index in [1.165, 1.54) is 49.2 Å². The minimum Gasteiger partial charge on any atom is -0.309 e. The van der Waals surface area contributed by atoms with E-state index >= 15 is 0 Å². The molecule has 9 aromatic rings. The van der Waals surface area contributed by atoms with E-state index in [-0.39, 0.29) is 0 Å². The Labute approximate surface area is 290 Å². The molecule has 0 atom stereocenters. The van der Waals surface area contributed by atoms with Crippen LogP contribution in [-0.2, 0) is 0 Å². The quantitative estimate of drug-likeness (QED) is 0.184. The van der Waals surface area contributed by atoms with Crippen molar-refractivity contribution in [3.05, 3.63) is 182 Å². The third-order valence-electron chi connectivity index (χ3n) is 10.1. The third-order valence-corrected chi connectivity index (χ3v) is 10.1. The zero-order valence-corrected chi connectivity index (χ0v) is 27.5. The predicted octanol–water partition coefficient (Wildman–Crippen LogP) is 12.3. The second-order valence-corrected chi connectivity index (χ2v) is 13.1. The summed E-state index contributed by atoms with van der Waals surface area (Å²) in [5.74, 6) is 0. The Morgan fingerprint density at radius 2 is 0.860 bits per heavy atom. The second-order valence-electron chi connectivity index (χ2n) is 13.1. The molecule has 10 rings (SSSR count). The lowest BCUT2D eigenvalue weighted by molar-refractivity contribution is 1.04. The summed E-state index contributed by atoms with van der Waals surface area (Å²) in [6.07, 6.45) is 8.90. The van der Waals surface area contributed by atoms with Crippen LogP contribution in [0.1, 0.15) is 18.5 Å². The van der Waals surface area contributed by atoms with Gasteiger partial charge < -0.3 is 9.13 Å². The molecule has 6 aromatic carbocycles. The molecule has 3 heteroatoms. The summed E-state index contributed by atoms with van der Waals surface area (Å²) in [6, 6.07) is 57.1. The first kappa shape index (κ1) is 28.6. The summed E-state index contributed by atoms with van der Waals surface area (Å²) < 4.78 is 4.86. The second kappa shape index (κ2) is 11.6. The van der Waals surface area contributed by atoms with Gasteiger partial charge in [-0.15, -0.1) is 0 Å². The monoisotopic (exact) mass is 639 g/mol. The number of fused-ring (bicyclic) bond motifs is 6. The van der Waals surface area contributed by atoms with E-state index in [1.54, 1.807) is 0 Å². The van der Waals surface area contributed by atoms with Crippen LogP contribution in [0.2, 0.25) is 0 Å². The van der Waals surface area contributed by atoms with Crippen LogP contribution in [0.25, 0.3) is 82.9 Å². The zero-order valence-electron chi connectivity index (χ0n) is 27.5. The number of rotatable bonds is 5. The van der Waals surface area contributed by atoms with Crippen LogP contribution in [0.5, 0.6) is 0 Å². The standard InChI is InChI=1S/C47H33N3/c1-3-15-32(16-4-1)42-29-35(30-43(48-42)33-17-5-2-6-18-33)34-27-36(49-44-23-11-7-19-38(44)39-20-8-12-24-45(39)49)31-37(28-34)50-46-25-13-9-21-40(46)41-22-10-14-26-47(41)50/h1,3-5,7-31H,2,6H2. The minimum atomic E-state index is 0.971. The van der Waals surface area contributed by atoms with Crippen LogP contribution in [0.15, 0.2) is 176 Å². The summed E-state index contributed by atoms with van der Waals surface area (Å²) in [5.41, 5.74) is 13.5. The molecule has 0 saturated heterocycles. The number of hydrogen-bond donors (Lipinski definition) is 0. The Bertz CT molecular complexity index is 2570. The molecule has 3 heterocycles. The van der Waals surface area contributed by atoms with Gasteiger partial charge in [0.2, 0.25) is 0 Å². The van der Waals surface area contributed by atoms with E-state index in [2.05, 4.69) is 185 Å². The topological polar surface area (TPSA) is 22.8 Å². The van der Waals surface area contributed by atoms with Gasteiger partial charge in [0.15, 0.2) is 0 Å². The highest BCUT2D eigenvalue weighted by molar-refractivity contribution is 6.10. The number of para-hydroxylation sites is 4. The molecule has 0 radical (unpaired) electrons. The summed E-state index contributed by atoms with van der Waals surface area (Å²) in [7, 11) is 0. The molecule has 3 nitrogen and oxygen atoms in total. The molecule has 0 N–H and O–H groups in total. The average Bonchev–Trinajstić information content (AvgIpc) is 3.71. The Balaban J connectivity index is 1.30. The molecule has 0 amide bonds. The molecule has 0 unspecified atom stereocenters. The van der Waals surface area contributed by atoms with Gasteiger partial charge in [-0.2, -0.15) is 0 Å². The van der Waals surface area contributed by atoms with Crippen LogP contribution in [0, 0.1) is 0 Å². The zero-order chi connectivity index (χ0) is 33.0. The lowest BCUT2D eigenvalue weighted by atomic mass is 9.97. The summed E-state index contributed by atoms with van der Waals surface area (Å²) in [5, 5.41) is 5.00. The van der Waals surface area contributed by atoms with E-state index in [0.717, 1.165) is 52.3 Å². The van der Waals surface area contributed by atoms with Crippen molar-refractivity contribution in [1.82, 2.24) is 14.1 Å². The van der Waals surface area contributed by atoms with Gasteiger partial charge in [0.25, 0.3) is 0 Å². The average molecular weight is 640 g/mol. The number of allylic oxidation sites excluding steroid dienone is 4.